The van der Waals surface area contributed by atoms with Crippen molar-refractivity contribution in [2.24, 2.45) is 0 Å². The number of anilines is 1. The number of hydrogen-bond donors (Lipinski definition) is 1. The molecule has 1 N–H and O–H groups in total. The Kier molecular flexibility index (Phi) is 6.14. The van der Waals surface area contributed by atoms with Gasteiger partial charge in [-0.05, 0) is 18.4 Å². The standard InChI is InChI=1S/C21H23ClN4O3/c22-17-11-23-21(25-19(17)20(27)24-16-9-5-2-6-10-16)26(18-13-28-14-29-18)12-15-7-3-1-4-8-15/h1,3-4,7-8,11,13,16H,2,5-6,9-10,12,14H2,(H,24,27). The predicted molar refractivity (Wildman–Crippen MR) is 109 cm³/mol. The van der Waals surface area contributed by atoms with Gasteiger partial charge in [0, 0.05) is 6.04 Å². The van der Waals surface area contributed by atoms with E-state index in [9.17, 15) is 4.79 Å². The zero-order valence-corrected chi connectivity index (χ0v) is 16.8. The van der Waals surface area contributed by atoms with E-state index < -0.39 is 0 Å². The lowest BCUT2D eigenvalue weighted by atomic mass is 9.95. The maximum atomic E-state index is 12.8. The number of hydrogen-bond acceptors (Lipinski definition) is 6. The summed E-state index contributed by atoms with van der Waals surface area (Å²) in [6, 6.07) is 10.0. The molecule has 0 unspecified atom stereocenters. The van der Waals surface area contributed by atoms with E-state index in [1.165, 1.54) is 18.9 Å². The molecule has 0 radical (unpaired) electrons. The van der Waals surface area contributed by atoms with Gasteiger partial charge in [-0.2, -0.15) is 0 Å². The largest absolute Gasteiger partial charge is 0.459 e. The van der Waals surface area contributed by atoms with Gasteiger partial charge in [-0.15, -0.1) is 0 Å². The van der Waals surface area contributed by atoms with Gasteiger partial charge in [0.2, 0.25) is 18.6 Å². The lowest BCUT2D eigenvalue weighted by Gasteiger charge is -2.24. The van der Waals surface area contributed by atoms with E-state index in [4.69, 9.17) is 21.1 Å². The summed E-state index contributed by atoms with van der Waals surface area (Å²) in [5.41, 5.74) is 1.20. The highest BCUT2D eigenvalue weighted by atomic mass is 35.5. The summed E-state index contributed by atoms with van der Waals surface area (Å²) < 4.78 is 10.8. The van der Waals surface area contributed by atoms with Gasteiger partial charge in [-0.3, -0.25) is 9.69 Å². The summed E-state index contributed by atoms with van der Waals surface area (Å²) in [5.74, 6) is 0.529. The van der Waals surface area contributed by atoms with Crippen LogP contribution in [0, 0.1) is 0 Å². The number of rotatable bonds is 6. The molecule has 0 bridgehead atoms. The molecule has 2 heterocycles. The van der Waals surface area contributed by atoms with E-state index in [-0.39, 0.29) is 29.5 Å². The van der Waals surface area contributed by atoms with E-state index in [2.05, 4.69) is 15.3 Å². The molecule has 1 aromatic carbocycles. The zero-order valence-electron chi connectivity index (χ0n) is 16.0. The van der Waals surface area contributed by atoms with Gasteiger partial charge < -0.3 is 14.8 Å². The van der Waals surface area contributed by atoms with Crippen LogP contribution in [0.4, 0.5) is 5.95 Å². The monoisotopic (exact) mass is 414 g/mol. The smallest absolute Gasteiger partial charge is 0.271 e. The highest BCUT2D eigenvalue weighted by molar-refractivity contribution is 6.33. The molecule has 1 aliphatic heterocycles. The minimum absolute atomic E-state index is 0.128. The average Bonchev–Trinajstić information content (AvgIpc) is 3.28. The molecule has 1 aliphatic carbocycles. The summed E-state index contributed by atoms with van der Waals surface area (Å²) in [4.78, 5) is 23.4. The number of carbonyl (C=O) groups excluding carboxylic acids is 1. The van der Waals surface area contributed by atoms with Crippen LogP contribution in [0.15, 0.2) is 48.7 Å². The first-order valence-electron chi connectivity index (χ1n) is 9.80. The van der Waals surface area contributed by atoms with Crippen molar-refractivity contribution in [3.63, 3.8) is 0 Å². The molecule has 0 atom stereocenters. The van der Waals surface area contributed by atoms with Crippen LogP contribution in [0.3, 0.4) is 0 Å². The molecule has 0 spiro atoms. The van der Waals surface area contributed by atoms with Crippen LogP contribution in [0.1, 0.15) is 48.2 Å². The van der Waals surface area contributed by atoms with Crippen LogP contribution < -0.4 is 10.2 Å². The molecule has 152 valence electrons. The van der Waals surface area contributed by atoms with Crippen molar-refractivity contribution in [3.05, 3.63) is 65.0 Å². The molecule has 2 aliphatic rings. The van der Waals surface area contributed by atoms with Gasteiger partial charge in [0.05, 0.1) is 17.8 Å². The average molecular weight is 415 g/mol. The van der Waals surface area contributed by atoms with Crippen molar-refractivity contribution >= 4 is 23.5 Å². The molecule has 2 aromatic rings. The van der Waals surface area contributed by atoms with Crippen LogP contribution >= 0.6 is 11.6 Å². The molecule has 8 heteroatoms. The van der Waals surface area contributed by atoms with Gasteiger partial charge in [0.15, 0.2) is 5.69 Å². The fraction of sp³-hybridized carbons (Fsp3) is 0.381. The van der Waals surface area contributed by atoms with Gasteiger partial charge in [0.1, 0.15) is 6.26 Å². The summed E-state index contributed by atoms with van der Waals surface area (Å²) in [7, 11) is 0. The highest BCUT2D eigenvalue weighted by Gasteiger charge is 2.25. The molecule has 4 rings (SSSR count). The van der Waals surface area contributed by atoms with Crippen LogP contribution in [0.2, 0.25) is 5.02 Å². The molecular formula is C21H23ClN4O3. The first kappa shape index (κ1) is 19.5. The van der Waals surface area contributed by atoms with Crippen molar-refractivity contribution in [2.45, 2.75) is 44.7 Å². The van der Waals surface area contributed by atoms with Crippen molar-refractivity contribution in [3.8, 4) is 0 Å². The number of ether oxygens (including phenoxy) is 2. The van der Waals surface area contributed by atoms with Gasteiger partial charge in [0.25, 0.3) is 5.91 Å². The number of halogens is 1. The molecular weight excluding hydrogens is 392 g/mol. The van der Waals surface area contributed by atoms with E-state index in [1.807, 2.05) is 30.3 Å². The first-order chi connectivity index (χ1) is 14.2. The molecule has 1 saturated carbocycles. The SMILES string of the molecule is O=C(NC1CCCCC1)c1nc(N(Cc2ccccc2)C2=COCO2)ncc1Cl. The molecule has 1 aromatic heterocycles. The number of aromatic nitrogens is 2. The fourth-order valence-electron chi connectivity index (χ4n) is 3.54. The van der Waals surface area contributed by atoms with Gasteiger partial charge in [-0.25, -0.2) is 9.97 Å². The lowest BCUT2D eigenvalue weighted by Crippen LogP contribution is -2.37. The van der Waals surface area contributed by atoms with Crippen LogP contribution in [0.25, 0.3) is 0 Å². The maximum absolute atomic E-state index is 12.8. The third-order valence-electron chi connectivity index (χ3n) is 5.04. The van der Waals surface area contributed by atoms with E-state index in [0.29, 0.717) is 18.4 Å². The van der Waals surface area contributed by atoms with E-state index >= 15 is 0 Å². The Bertz CT molecular complexity index is 885. The Labute approximate surface area is 174 Å². The lowest BCUT2D eigenvalue weighted by molar-refractivity contribution is 0.0780. The normalized spacial score (nSPS) is 16.5. The second-order valence-electron chi connectivity index (χ2n) is 7.13. The zero-order chi connectivity index (χ0) is 20.1. The number of carbonyl (C=O) groups is 1. The second kappa shape index (κ2) is 9.13. The van der Waals surface area contributed by atoms with Gasteiger partial charge in [-0.1, -0.05) is 61.2 Å². The topological polar surface area (TPSA) is 76.6 Å². The third-order valence-corrected chi connectivity index (χ3v) is 5.31. The second-order valence-corrected chi connectivity index (χ2v) is 7.54. The van der Waals surface area contributed by atoms with Crippen LogP contribution in [0.5, 0.6) is 0 Å². The highest BCUT2D eigenvalue weighted by Crippen LogP contribution is 2.25. The molecule has 7 nitrogen and oxygen atoms in total. The fourth-order valence-corrected chi connectivity index (χ4v) is 3.71. The van der Waals surface area contributed by atoms with Gasteiger partial charge >= 0.3 is 0 Å². The Hall–Kier alpha value is -2.80. The first-order valence-corrected chi connectivity index (χ1v) is 10.2. The molecule has 1 amide bonds. The quantitative estimate of drug-likeness (QED) is 0.769. The summed E-state index contributed by atoms with van der Waals surface area (Å²) in [5, 5.41) is 3.28. The summed E-state index contributed by atoms with van der Waals surface area (Å²) >= 11 is 6.26. The van der Waals surface area contributed by atoms with E-state index in [0.717, 1.165) is 31.2 Å². The van der Waals surface area contributed by atoms with Crippen molar-refractivity contribution in [2.75, 3.05) is 11.7 Å². The molecule has 29 heavy (non-hydrogen) atoms. The van der Waals surface area contributed by atoms with Crippen molar-refractivity contribution in [1.82, 2.24) is 15.3 Å². The predicted octanol–water partition coefficient (Wildman–Crippen LogP) is 4.00. The Balaban J connectivity index is 1.59. The maximum Gasteiger partial charge on any atom is 0.271 e. The van der Waals surface area contributed by atoms with Crippen molar-refractivity contribution < 1.29 is 14.3 Å². The Morgan fingerprint density at radius 3 is 2.72 bits per heavy atom. The van der Waals surface area contributed by atoms with Crippen molar-refractivity contribution in [1.29, 1.82) is 0 Å². The van der Waals surface area contributed by atoms with Crippen LogP contribution in [-0.4, -0.2) is 28.7 Å². The van der Waals surface area contributed by atoms with E-state index in [1.54, 1.807) is 4.90 Å². The molecule has 1 fully saturated rings. The number of benzene rings is 1. The Morgan fingerprint density at radius 1 is 1.21 bits per heavy atom. The minimum Gasteiger partial charge on any atom is -0.459 e. The minimum atomic E-state index is -0.275. The number of nitrogens with one attached hydrogen (secondary N) is 1. The summed E-state index contributed by atoms with van der Waals surface area (Å²) in [6.07, 6.45) is 8.42. The third kappa shape index (κ3) is 4.79. The summed E-state index contributed by atoms with van der Waals surface area (Å²) in [6.45, 7) is 0.588. The molecule has 0 saturated heterocycles. The Morgan fingerprint density at radius 2 is 2.00 bits per heavy atom. The van der Waals surface area contributed by atoms with Crippen LogP contribution in [-0.2, 0) is 16.0 Å². The number of nitrogens with zero attached hydrogens (tertiary/aromatic N) is 3. The number of amides is 1.